The van der Waals surface area contributed by atoms with Crippen molar-refractivity contribution in [1.82, 2.24) is 4.90 Å². The van der Waals surface area contributed by atoms with Crippen molar-refractivity contribution in [2.75, 3.05) is 32.1 Å². The van der Waals surface area contributed by atoms with E-state index in [9.17, 15) is 18.0 Å². The molecule has 4 rings (SSSR count). The van der Waals surface area contributed by atoms with Crippen LogP contribution in [0.4, 0.5) is 5.69 Å². The van der Waals surface area contributed by atoms with Crippen LogP contribution in [0.1, 0.15) is 27.6 Å². The zero-order valence-corrected chi connectivity index (χ0v) is 20.5. The van der Waals surface area contributed by atoms with E-state index in [0.717, 1.165) is 5.56 Å². The summed E-state index contributed by atoms with van der Waals surface area (Å²) in [5, 5.41) is 0. The van der Waals surface area contributed by atoms with Crippen molar-refractivity contribution in [3.8, 4) is 5.75 Å². The minimum atomic E-state index is -3.95. The van der Waals surface area contributed by atoms with Crippen molar-refractivity contribution >= 4 is 27.6 Å². The van der Waals surface area contributed by atoms with Crippen LogP contribution in [-0.2, 0) is 26.0 Å². The van der Waals surface area contributed by atoms with Crippen LogP contribution >= 0.6 is 0 Å². The number of esters is 1. The second kappa shape index (κ2) is 9.79. The number of amides is 1. The van der Waals surface area contributed by atoms with E-state index in [1.54, 1.807) is 56.6 Å². The van der Waals surface area contributed by atoms with Gasteiger partial charge < -0.3 is 14.4 Å². The Kier molecular flexibility index (Phi) is 6.79. The normalized spacial score (nSPS) is 13.6. The van der Waals surface area contributed by atoms with E-state index in [4.69, 9.17) is 9.47 Å². The predicted octanol–water partition coefficient (Wildman–Crippen LogP) is 3.43. The van der Waals surface area contributed by atoms with Gasteiger partial charge >= 0.3 is 5.97 Å². The Morgan fingerprint density at radius 2 is 1.66 bits per heavy atom. The summed E-state index contributed by atoms with van der Waals surface area (Å²) in [7, 11) is 0.550. The molecule has 0 fully saturated rings. The number of sulfonamides is 1. The molecule has 1 aliphatic rings. The smallest absolute Gasteiger partial charge is 0.343 e. The Hall–Kier alpha value is -3.85. The van der Waals surface area contributed by atoms with Gasteiger partial charge in [-0.25, -0.2) is 13.2 Å². The highest BCUT2D eigenvalue weighted by Crippen LogP contribution is 2.34. The molecule has 0 spiro atoms. The maximum Gasteiger partial charge on any atom is 0.343 e. The lowest BCUT2D eigenvalue weighted by atomic mass is 10.1. The van der Waals surface area contributed by atoms with Gasteiger partial charge in [0.15, 0.2) is 0 Å². The highest BCUT2D eigenvalue weighted by molar-refractivity contribution is 7.92. The van der Waals surface area contributed by atoms with Gasteiger partial charge in [0, 0.05) is 26.2 Å². The second-order valence-electron chi connectivity index (χ2n) is 8.25. The average Bonchev–Trinajstić information content (AvgIpc) is 3.32. The van der Waals surface area contributed by atoms with Crippen LogP contribution in [0.5, 0.6) is 5.75 Å². The lowest BCUT2D eigenvalue weighted by Crippen LogP contribution is -2.31. The van der Waals surface area contributed by atoms with Crippen LogP contribution < -0.4 is 9.04 Å². The van der Waals surface area contributed by atoms with Crippen LogP contribution in [-0.4, -0.2) is 52.9 Å². The quantitative estimate of drug-likeness (QED) is 0.467. The largest absolute Gasteiger partial charge is 0.496 e. The molecule has 0 aliphatic carbocycles. The minimum Gasteiger partial charge on any atom is -0.496 e. The zero-order chi connectivity index (χ0) is 25.2. The van der Waals surface area contributed by atoms with E-state index < -0.39 is 28.0 Å². The topological polar surface area (TPSA) is 93.2 Å². The van der Waals surface area contributed by atoms with Gasteiger partial charge in [-0.1, -0.05) is 48.5 Å². The number of hydrogen-bond acceptors (Lipinski definition) is 6. The number of ether oxygens (including phenoxy) is 2. The second-order valence-corrected chi connectivity index (χ2v) is 10.1. The number of carbonyl (C=O) groups excluding carboxylic acids is 2. The van der Waals surface area contributed by atoms with Crippen molar-refractivity contribution in [1.29, 1.82) is 0 Å². The van der Waals surface area contributed by atoms with Gasteiger partial charge in [-0.3, -0.25) is 9.10 Å². The summed E-state index contributed by atoms with van der Waals surface area (Å²) in [6.07, 6.45) is -0.597. The number of nitrogens with zero attached hydrogens (tertiary/aromatic N) is 2. The molecule has 1 atom stereocenters. The fourth-order valence-corrected chi connectivity index (χ4v) is 5.52. The van der Waals surface area contributed by atoms with Gasteiger partial charge in [0.25, 0.3) is 15.9 Å². The summed E-state index contributed by atoms with van der Waals surface area (Å²) in [4.78, 5) is 27.3. The molecule has 0 bridgehead atoms. The first-order valence-corrected chi connectivity index (χ1v) is 12.4. The molecule has 3 aromatic carbocycles. The summed E-state index contributed by atoms with van der Waals surface area (Å²) in [5.74, 6) is -1.16. The van der Waals surface area contributed by atoms with Crippen LogP contribution in [0.2, 0.25) is 0 Å². The SMILES string of the molecule is COc1ccc(S(=O)(=O)N2CCc3ccccc32)cc1C(=O)OC(C(=O)N(C)C)c1ccccc1. The molecule has 1 unspecified atom stereocenters. The molecule has 9 heteroatoms. The molecule has 8 nitrogen and oxygen atoms in total. The molecule has 182 valence electrons. The molecule has 0 N–H and O–H groups in total. The number of para-hydroxylation sites is 1. The molecule has 0 aromatic heterocycles. The third-order valence-corrected chi connectivity index (χ3v) is 7.62. The van der Waals surface area contributed by atoms with Gasteiger partial charge in [0.05, 0.1) is 17.7 Å². The number of rotatable bonds is 7. The summed E-state index contributed by atoms with van der Waals surface area (Å²) in [5.41, 5.74) is 1.97. The Bertz CT molecular complexity index is 1360. The van der Waals surface area contributed by atoms with Crippen molar-refractivity contribution < 1.29 is 27.5 Å². The number of anilines is 1. The van der Waals surface area contributed by atoms with Crippen LogP contribution in [0.25, 0.3) is 0 Å². The first kappa shape index (κ1) is 24.3. The van der Waals surface area contributed by atoms with E-state index in [-0.39, 0.29) is 16.2 Å². The predicted molar refractivity (Wildman–Crippen MR) is 131 cm³/mol. The zero-order valence-electron chi connectivity index (χ0n) is 19.7. The van der Waals surface area contributed by atoms with Gasteiger partial charge in [0.1, 0.15) is 11.3 Å². The summed E-state index contributed by atoms with van der Waals surface area (Å²) in [6.45, 7) is 0.306. The summed E-state index contributed by atoms with van der Waals surface area (Å²) < 4.78 is 39.2. The Labute approximate surface area is 204 Å². The van der Waals surface area contributed by atoms with Gasteiger partial charge in [0.2, 0.25) is 6.10 Å². The molecule has 1 heterocycles. The Morgan fingerprint density at radius 1 is 0.971 bits per heavy atom. The highest BCUT2D eigenvalue weighted by atomic mass is 32.2. The number of likely N-dealkylation sites (N-methyl/N-ethyl adjacent to an activating group) is 1. The molecule has 1 amide bonds. The standard InChI is InChI=1S/C26H26N2O6S/c1-27(2)25(29)24(19-10-5-4-6-11-19)34-26(30)21-17-20(13-14-23(21)33-3)35(31,32)28-16-15-18-9-7-8-12-22(18)28/h4-14,17,24H,15-16H2,1-3H3. The van der Waals surface area contributed by atoms with E-state index in [1.807, 2.05) is 12.1 Å². The monoisotopic (exact) mass is 494 g/mol. The van der Waals surface area contributed by atoms with E-state index in [0.29, 0.717) is 24.2 Å². The Morgan fingerprint density at radius 3 is 2.34 bits per heavy atom. The van der Waals surface area contributed by atoms with Crippen LogP contribution in [0.15, 0.2) is 77.7 Å². The molecule has 0 saturated carbocycles. The van der Waals surface area contributed by atoms with E-state index in [1.165, 1.54) is 34.5 Å². The van der Waals surface area contributed by atoms with Crippen LogP contribution in [0, 0.1) is 0 Å². The minimum absolute atomic E-state index is 0.0721. The van der Waals surface area contributed by atoms with Crippen molar-refractivity contribution in [2.24, 2.45) is 0 Å². The number of methoxy groups -OCH3 is 1. The van der Waals surface area contributed by atoms with Crippen LogP contribution in [0.3, 0.4) is 0 Å². The fourth-order valence-electron chi connectivity index (χ4n) is 3.99. The van der Waals surface area contributed by atoms with Gasteiger partial charge in [-0.05, 0) is 36.2 Å². The lowest BCUT2D eigenvalue weighted by molar-refractivity contribution is -0.138. The maximum absolute atomic E-state index is 13.5. The summed E-state index contributed by atoms with van der Waals surface area (Å²) >= 11 is 0. The van der Waals surface area contributed by atoms with E-state index >= 15 is 0 Å². The Balaban J connectivity index is 1.70. The molecule has 3 aromatic rings. The van der Waals surface area contributed by atoms with E-state index in [2.05, 4.69) is 0 Å². The summed E-state index contributed by atoms with van der Waals surface area (Å²) in [6, 6.07) is 20.0. The average molecular weight is 495 g/mol. The number of hydrogen-bond donors (Lipinski definition) is 0. The number of fused-ring (bicyclic) bond motifs is 1. The number of carbonyl (C=O) groups is 2. The first-order valence-electron chi connectivity index (χ1n) is 11.0. The third-order valence-electron chi connectivity index (χ3n) is 5.82. The van der Waals surface area contributed by atoms with Gasteiger partial charge in [-0.2, -0.15) is 0 Å². The maximum atomic E-state index is 13.5. The first-order chi connectivity index (χ1) is 16.7. The molecule has 0 saturated heterocycles. The molecule has 35 heavy (non-hydrogen) atoms. The van der Waals surface area contributed by atoms with Gasteiger partial charge in [-0.15, -0.1) is 0 Å². The fraction of sp³-hybridized carbons (Fsp3) is 0.231. The molecule has 0 radical (unpaired) electrons. The molecular formula is C26H26N2O6S. The van der Waals surface area contributed by atoms with Crippen molar-refractivity contribution in [2.45, 2.75) is 17.4 Å². The third kappa shape index (κ3) is 4.72. The number of benzene rings is 3. The van der Waals surface area contributed by atoms with Crippen molar-refractivity contribution in [3.05, 3.63) is 89.5 Å². The molecule has 1 aliphatic heterocycles. The lowest BCUT2D eigenvalue weighted by Gasteiger charge is -2.22. The van der Waals surface area contributed by atoms with Crippen molar-refractivity contribution in [3.63, 3.8) is 0 Å². The highest BCUT2D eigenvalue weighted by Gasteiger charge is 2.33. The molecular weight excluding hydrogens is 468 g/mol.